The van der Waals surface area contributed by atoms with Gasteiger partial charge in [0.15, 0.2) is 0 Å². The van der Waals surface area contributed by atoms with Crippen LogP contribution >= 0.6 is 248 Å². The fourth-order valence-corrected chi connectivity index (χ4v) is 2.37. The molecule has 22 heteroatoms. The van der Waals surface area contributed by atoms with E-state index in [2.05, 4.69) is 75.3 Å². The Labute approximate surface area is 371 Å². The number of rotatable bonds is 6. The predicted octanol–water partition coefficient (Wildman–Crippen LogP) is 12.7. The van der Waals surface area contributed by atoms with Gasteiger partial charge in [0.05, 0.1) is 6.10 Å². The number of halogens is 20. The number of nitrogens with zero attached hydrogens (tertiary/aromatic N) is 1. The number of ether oxygens (including phenoxy) is 1. The summed E-state index contributed by atoms with van der Waals surface area (Å²) in [7, 11) is 4.22. The molecule has 2 rings (SSSR count). The molecule has 0 saturated carbocycles. The van der Waals surface area contributed by atoms with Crippen LogP contribution in [0.5, 0.6) is 5.75 Å². The van der Waals surface area contributed by atoms with Crippen LogP contribution < -0.4 is 4.74 Å². The molecule has 0 aliphatic rings. The summed E-state index contributed by atoms with van der Waals surface area (Å²) in [5, 5.41) is 0. The summed E-state index contributed by atoms with van der Waals surface area (Å²) in [6, 6.07) is 17.0. The van der Waals surface area contributed by atoms with Gasteiger partial charge in [-0.2, -0.15) is 0 Å². The summed E-state index contributed by atoms with van der Waals surface area (Å²) in [5.74, 6) is 0.935. The molecule has 0 heterocycles. The molecule has 272 valence electrons. The first kappa shape index (κ1) is 129. The van der Waals surface area contributed by atoms with Gasteiger partial charge in [-0.15, -0.1) is 248 Å². The van der Waals surface area contributed by atoms with E-state index >= 15 is 0 Å². The van der Waals surface area contributed by atoms with Crippen molar-refractivity contribution in [2.75, 3.05) is 20.6 Å². The van der Waals surface area contributed by atoms with Crippen molar-refractivity contribution in [2.24, 2.45) is 0 Å². The molecule has 0 fully saturated rings. The first-order valence-electron chi connectivity index (χ1n) is 7.56. The lowest BCUT2D eigenvalue weighted by Crippen LogP contribution is -2.15. The largest absolute Gasteiger partial charge is 0.491 e. The van der Waals surface area contributed by atoms with Crippen LogP contribution in [0.15, 0.2) is 48.5 Å². The van der Waals surface area contributed by atoms with Gasteiger partial charge in [-0.05, 0) is 63.2 Å². The number of hydrogen-bond donors (Lipinski definition) is 0. The standard InChI is InChI=1S/C19H25NO.20ClH/c1-15(2)21-18-10-7-9-17(14-18)19-11-6-5-8-16(19)12-13-20(3)4;;;;;;;;;;;;;;;;;;;;/h5-11,14-15H,12-13H2,1-4H3;20*1H. The van der Waals surface area contributed by atoms with Crippen LogP contribution in [-0.2, 0) is 6.42 Å². The maximum Gasteiger partial charge on any atom is 0.120 e. The van der Waals surface area contributed by atoms with E-state index in [1.165, 1.54) is 16.7 Å². The van der Waals surface area contributed by atoms with Gasteiger partial charge < -0.3 is 9.64 Å². The molecule has 2 nitrogen and oxygen atoms in total. The van der Waals surface area contributed by atoms with Crippen molar-refractivity contribution in [3.8, 4) is 16.9 Å². The lowest BCUT2D eigenvalue weighted by Gasteiger charge is -2.15. The minimum absolute atomic E-state index is 0. The summed E-state index contributed by atoms with van der Waals surface area (Å²) >= 11 is 0. The fourth-order valence-electron chi connectivity index (χ4n) is 2.37. The summed E-state index contributed by atoms with van der Waals surface area (Å²) in [5.41, 5.74) is 3.91. The van der Waals surface area contributed by atoms with Crippen molar-refractivity contribution in [2.45, 2.75) is 26.4 Å². The molecule has 0 aliphatic carbocycles. The Balaban J connectivity index is -0.0000000142. The molecule has 0 saturated heterocycles. The normalized spacial score (nSPS) is 5.71. The van der Waals surface area contributed by atoms with E-state index in [-0.39, 0.29) is 254 Å². The van der Waals surface area contributed by atoms with E-state index in [1.54, 1.807) is 0 Å². The monoisotopic (exact) mass is 1000 g/mol. The van der Waals surface area contributed by atoms with E-state index in [0.717, 1.165) is 18.7 Å². The Morgan fingerprint density at radius 3 is 1.29 bits per heavy atom. The molecular formula is C19H45Cl20NO. The molecule has 0 N–H and O–H groups in total. The Kier molecular flexibility index (Phi) is 235. The van der Waals surface area contributed by atoms with Crippen molar-refractivity contribution >= 4 is 248 Å². The van der Waals surface area contributed by atoms with Gasteiger partial charge in [0, 0.05) is 6.54 Å². The molecule has 2 aromatic rings. The first-order chi connectivity index (χ1) is 10.1. The maximum absolute atomic E-state index is 5.81. The molecule has 0 unspecified atom stereocenters. The Morgan fingerprint density at radius 2 is 0.927 bits per heavy atom. The fraction of sp³-hybridized carbons (Fsp3) is 0.368. The summed E-state index contributed by atoms with van der Waals surface area (Å²) in [4.78, 5) is 2.22. The molecule has 0 aromatic heterocycles. The third-order valence-electron chi connectivity index (χ3n) is 3.36. The van der Waals surface area contributed by atoms with E-state index in [0.29, 0.717) is 0 Å². The van der Waals surface area contributed by atoms with Gasteiger partial charge >= 0.3 is 0 Å². The second-order valence-electron chi connectivity index (χ2n) is 5.90. The van der Waals surface area contributed by atoms with Crippen molar-refractivity contribution < 1.29 is 4.74 Å². The molecule has 0 aliphatic heterocycles. The summed E-state index contributed by atoms with van der Waals surface area (Å²) in [6.45, 7) is 5.16. The highest BCUT2D eigenvalue weighted by Gasteiger charge is 2.07. The second kappa shape index (κ2) is 74.7. The molecule has 0 bridgehead atoms. The highest BCUT2D eigenvalue weighted by molar-refractivity contribution is 5.87. The average molecular weight is 1010 g/mol. The topological polar surface area (TPSA) is 12.5 Å². The van der Waals surface area contributed by atoms with Gasteiger partial charge in [-0.3, -0.25) is 0 Å². The van der Waals surface area contributed by atoms with Crippen molar-refractivity contribution in [3.63, 3.8) is 0 Å². The van der Waals surface area contributed by atoms with Crippen LogP contribution in [0.2, 0.25) is 0 Å². The molecular weight excluding hydrogens is 967 g/mol. The summed E-state index contributed by atoms with van der Waals surface area (Å²) < 4.78 is 5.81. The minimum Gasteiger partial charge on any atom is -0.491 e. The second-order valence-corrected chi connectivity index (χ2v) is 5.90. The van der Waals surface area contributed by atoms with Crippen LogP contribution in [-0.4, -0.2) is 31.6 Å². The third kappa shape index (κ3) is 53.8. The highest BCUT2D eigenvalue weighted by atomic mass is 35.5. The van der Waals surface area contributed by atoms with Crippen molar-refractivity contribution in [1.82, 2.24) is 4.90 Å². The van der Waals surface area contributed by atoms with Gasteiger partial charge in [-0.1, -0.05) is 36.4 Å². The van der Waals surface area contributed by atoms with Gasteiger partial charge in [0.1, 0.15) is 5.75 Å². The summed E-state index contributed by atoms with van der Waals surface area (Å²) in [6.07, 6.45) is 1.25. The van der Waals surface area contributed by atoms with Crippen molar-refractivity contribution in [3.05, 3.63) is 54.1 Å². The molecule has 0 amide bonds. The Hall–Kier alpha value is 4.00. The molecule has 2 aromatic carbocycles. The van der Waals surface area contributed by atoms with E-state index in [9.17, 15) is 0 Å². The highest BCUT2D eigenvalue weighted by Crippen LogP contribution is 2.27. The minimum atomic E-state index is 0. The molecule has 0 spiro atoms. The van der Waals surface area contributed by atoms with Crippen LogP contribution in [0.4, 0.5) is 0 Å². The van der Waals surface area contributed by atoms with Gasteiger partial charge in [0.25, 0.3) is 0 Å². The smallest absolute Gasteiger partial charge is 0.120 e. The lowest BCUT2D eigenvalue weighted by molar-refractivity contribution is 0.242. The molecule has 41 heavy (non-hydrogen) atoms. The van der Waals surface area contributed by atoms with Crippen LogP contribution in [0.25, 0.3) is 11.1 Å². The van der Waals surface area contributed by atoms with E-state index < -0.39 is 0 Å². The van der Waals surface area contributed by atoms with Crippen LogP contribution in [0.3, 0.4) is 0 Å². The predicted molar refractivity (Wildman–Crippen MR) is 235 cm³/mol. The lowest BCUT2D eigenvalue weighted by atomic mass is 9.97. The average Bonchev–Trinajstić information content (AvgIpc) is 2.45. The van der Waals surface area contributed by atoms with Crippen molar-refractivity contribution in [1.29, 1.82) is 0 Å². The SMILES string of the molecule is CC(C)Oc1cccc(-c2ccccc2CCN(C)C)c1.Cl.Cl.Cl.Cl.Cl.Cl.Cl.Cl.Cl.Cl.Cl.Cl.Cl.Cl.Cl.Cl.Cl.Cl.Cl.Cl. The van der Waals surface area contributed by atoms with Crippen LogP contribution in [0, 0.1) is 0 Å². The molecule has 0 atom stereocenters. The first-order valence-corrected chi connectivity index (χ1v) is 7.56. The quantitative estimate of drug-likeness (QED) is 0.286. The van der Waals surface area contributed by atoms with Gasteiger partial charge in [-0.25, -0.2) is 0 Å². The maximum atomic E-state index is 5.81. The zero-order chi connectivity index (χ0) is 15.2. The Morgan fingerprint density at radius 1 is 0.537 bits per heavy atom. The van der Waals surface area contributed by atoms with E-state index in [1.807, 2.05) is 6.07 Å². The number of likely N-dealkylation sites (N-methyl/N-ethyl adjacent to an activating group) is 1. The zero-order valence-electron chi connectivity index (χ0n) is 21.6. The number of benzene rings is 2. The van der Waals surface area contributed by atoms with E-state index in [4.69, 9.17) is 4.74 Å². The number of hydrogen-bond acceptors (Lipinski definition) is 2. The van der Waals surface area contributed by atoms with Gasteiger partial charge in [0.2, 0.25) is 0 Å². The zero-order valence-corrected chi connectivity index (χ0v) is 38.0. The van der Waals surface area contributed by atoms with Crippen LogP contribution in [0.1, 0.15) is 19.4 Å². The Bertz CT molecular complexity index is 616. The molecule has 0 radical (unpaired) electrons. The third-order valence-corrected chi connectivity index (χ3v) is 3.36.